The van der Waals surface area contributed by atoms with Gasteiger partial charge in [0.15, 0.2) is 6.10 Å². The summed E-state index contributed by atoms with van der Waals surface area (Å²) in [6.45, 7) is 4.51. The molecule has 0 aliphatic carbocycles. The highest BCUT2D eigenvalue weighted by molar-refractivity contribution is 5.70. The molecule has 2 atom stereocenters. The van der Waals surface area contributed by atoms with Crippen LogP contribution in [0.1, 0.15) is 226 Å². The number of carbonyl (C=O) groups excluding carboxylic acids is 3. The number of hydrogen-bond donors (Lipinski definition) is 0. The van der Waals surface area contributed by atoms with Crippen molar-refractivity contribution < 1.29 is 38.2 Å². The average Bonchev–Trinajstić information content (AvgIpc) is 3.30. The summed E-state index contributed by atoms with van der Waals surface area (Å²) in [6, 6.07) is -0.739. The van der Waals surface area contributed by atoms with Crippen LogP contribution in [0.5, 0.6) is 0 Å². The Morgan fingerprint density at radius 3 is 1.26 bits per heavy atom. The van der Waals surface area contributed by atoms with Crippen molar-refractivity contribution in [2.45, 2.75) is 238 Å². The molecule has 2 unspecified atom stereocenters. The van der Waals surface area contributed by atoms with Gasteiger partial charge >= 0.3 is 11.9 Å². The zero-order valence-corrected chi connectivity index (χ0v) is 44.5. The van der Waals surface area contributed by atoms with Crippen molar-refractivity contribution in [1.29, 1.82) is 0 Å². The minimum atomic E-state index is -1.13. The number of aliphatic carboxylic acids is 1. The van der Waals surface area contributed by atoms with Crippen molar-refractivity contribution >= 4 is 17.9 Å². The van der Waals surface area contributed by atoms with Gasteiger partial charge < -0.3 is 28.6 Å². The van der Waals surface area contributed by atoms with Gasteiger partial charge in [0, 0.05) is 19.3 Å². The van der Waals surface area contributed by atoms with Crippen LogP contribution in [0.15, 0.2) is 85.1 Å². The fraction of sp³-hybridized carbons (Fsp3) is 0.717. The molecule has 8 heteroatoms. The number of hydrogen-bond acceptors (Lipinski definition) is 7. The van der Waals surface area contributed by atoms with E-state index in [4.69, 9.17) is 14.2 Å². The molecule has 0 aromatic heterocycles. The normalized spacial score (nSPS) is 13.5. The fourth-order valence-electron chi connectivity index (χ4n) is 7.78. The van der Waals surface area contributed by atoms with Gasteiger partial charge in [-0.3, -0.25) is 9.59 Å². The first-order valence-electron chi connectivity index (χ1n) is 27.6. The lowest BCUT2D eigenvalue weighted by Crippen LogP contribution is -2.55. The molecule has 0 heterocycles. The molecule has 8 nitrogen and oxygen atoms in total. The maximum atomic E-state index is 12.8. The van der Waals surface area contributed by atoms with Gasteiger partial charge in [-0.1, -0.05) is 202 Å². The number of carboxylic acids is 1. The molecule has 0 fully saturated rings. The Bertz CT molecular complexity index is 1380. The summed E-state index contributed by atoms with van der Waals surface area (Å²) in [6.07, 6.45) is 66.3. The molecule has 0 aliphatic heterocycles. The first-order valence-corrected chi connectivity index (χ1v) is 27.6. The number of rotatable bonds is 49. The number of ether oxygens (including phenoxy) is 3. The van der Waals surface area contributed by atoms with Crippen molar-refractivity contribution in [2.24, 2.45) is 0 Å². The maximum absolute atomic E-state index is 12.8. The Labute approximate surface area is 418 Å². The van der Waals surface area contributed by atoms with Gasteiger partial charge in [-0.05, 0) is 89.9 Å². The number of carbonyl (C=O) groups is 3. The number of allylic oxidation sites excluding steroid dienone is 14. The first-order chi connectivity index (χ1) is 33.1. The molecule has 0 saturated heterocycles. The standard InChI is InChI=1S/C60H103NO7/c1-6-8-10-12-14-16-18-20-22-24-26-28-29-31-33-35-37-39-41-43-45-47-49-51-59(63)68-56(54-66-53-52-57(60(64)65)61(3,4)5)55-67-58(62)50-48-46-44-42-40-38-36-34-32-30-27-25-23-21-19-17-15-13-11-9-7-2/h9,11,15,17,21,23,27,30-31,33-34,36,40,42,56-57H,6-8,10,12-14,16,18-20,22,24-26,28-29,32,35,37-39,41,43-55H2,1-5H3/b11-9+,17-15+,23-21+,30-27+,33-31+,36-34+,42-40+. The molecule has 0 aromatic rings. The first kappa shape index (κ1) is 64.5. The molecule has 0 aliphatic rings. The van der Waals surface area contributed by atoms with Crippen LogP contribution in [-0.4, -0.2) is 75.5 Å². The molecule has 68 heavy (non-hydrogen) atoms. The lowest BCUT2D eigenvalue weighted by atomic mass is 10.0. The van der Waals surface area contributed by atoms with E-state index < -0.39 is 18.1 Å². The number of nitrogens with zero attached hydrogens (tertiary/aromatic N) is 1. The van der Waals surface area contributed by atoms with Crippen molar-refractivity contribution in [3.63, 3.8) is 0 Å². The monoisotopic (exact) mass is 950 g/mol. The highest BCUT2D eigenvalue weighted by Crippen LogP contribution is 2.15. The number of carboxylic acid groups (broad SMARTS) is 1. The lowest BCUT2D eigenvalue weighted by Gasteiger charge is -2.34. The van der Waals surface area contributed by atoms with Gasteiger partial charge in [0.2, 0.25) is 0 Å². The van der Waals surface area contributed by atoms with Crippen LogP contribution in [0.25, 0.3) is 0 Å². The van der Waals surface area contributed by atoms with Crippen LogP contribution in [-0.2, 0) is 28.6 Å². The molecular weight excluding hydrogens is 847 g/mol. The molecule has 0 rings (SSSR count). The van der Waals surface area contributed by atoms with E-state index in [9.17, 15) is 19.5 Å². The summed E-state index contributed by atoms with van der Waals surface area (Å²) in [4.78, 5) is 37.1. The molecule has 0 amide bonds. The Morgan fingerprint density at radius 2 is 0.824 bits per heavy atom. The Morgan fingerprint density at radius 1 is 0.456 bits per heavy atom. The van der Waals surface area contributed by atoms with E-state index in [0.717, 1.165) is 70.6 Å². The van der Waals surface area contributed by atoms with Gasteiger partial charge in [0.05, 0.1) is 40.3 Å². The van der Waals surface area contributed by atoms with Gasteiger partial charge in [0.1, 0.15) is 12.6 Å². The summed E-state index contributed by atoms with van der Waals surface area (Å²) in [7, 11) is 5.40. The van der Waals surface area contributed by atoms with E-state index in [-0.39, 0.29) is 49.1 Å². The maximum Gasteiger partial charge on any atom is 0.306 e. The lowest BCUT2D eigenvalue weighted by molar-refractivity contribution is -0.889. The topological polar surface area (TPSA) is 102 Å². The molecule has 0 aromatic carbocycles. The summed E-state index contributed by atoms with van der Waals surface area (Å²) >= 11 is 0. The fourth-order valence-corrected chi connectivity index (χ4v) is 7.78. The Kier molecular flexibility index (Phi) is 47.4. The third kappa shape index (κ3) is 47.6. The number of esters is 2. The minimum Gasteiger partial charge on any atom is -0.544 e. The molecule has 390 valence electrons. The highest BCUT2D eigenvalue weighted by atomic mass is 16.6. The van der Waals surface area contributed by atoms with Crippen LogP contribution in [0, 0.1) is 0 Å². The third-order valence-electron chi connectivity index (χ3n) is 12.0. The summed E-state index contributed by atoms with van der Waals surface area (Å²) in [5.74, 6) is -1.80. The second-order valence-electron chi connectivity index (χ2n) is 19.4. The van der Waals surface area contributed by atoms with E-state index >= 15 is 0 Å². The zero-order valence-electron chi connectivity index (χ0n) is 44.5. The largest absolute Gasteiger partial charge is 0.544 e. The molecule has 0 spiro atoms. The van der Waals surface area contributed by atoms with E-state index in [2.05, 4.69) is 98.9 Å². The third-order valence-corrected chi connectivity index (χ3v) is 12.0. The van der Waals surface area contributed by atoms with E-state index in [0.29, 0.717) is 12.8 Å². The predicted molar refractivity (Wildman–Crippen MR) is 286 cm³/mol. The van der Waals surface area contributed by atoms with E-state index in [1.54, 1.807) is 21.1 Å². The summed E-state index contributed by atoms with van der Waals surface area (Å²) in [5, 5.41) is 11.7. The van der Waals surface area contributed by atoms with Gasteiger partial charge in [-0.25, -0.2) is 0 Å². The van der Waals surface area contributed by atoms with Crippen molar-refractivity contribution in [1.82, 2.24) is 0 Å². The Hall–Kier alpha value is -3.49. The number of unbranched alkanes of at least 4 members (excludes halogenated alkanes) is 21. The smallest absolute Gasteiger partial charge is 0.306 e. The van der Waals surface area contributed by atoms with Crippen LogP contribution < -0.4 is 5.11 Å². The van der Waals surface area contributed by atoms with Crippen LogP contribution in [0.3, 0.4) is 0 Å². The van der Waals surface area contributed by atoms with Gasteiger partial charge in [-0.15, -0.1) is 0 Å². The number of likely N-dealkylation sites (N-methyl/N-ethyl adjacent to an activating group) is 1. The molecular formula is C60H103NO7. The molecule has 0 radical (unpaired) electrons. The highest BCUT2D eigenvalue weighted by Gasteiger charge is 2.25. The zero-order chi connectivity index (χ0) is 49.9. The molecule has 0 bridgehead atoms. The predicted octanol–water partition coefficient (Wildman–Crippen LogP) is 15.1. The van der Waals surface area contributed by atoms with Gasteiger partial charge in [0.25, 0.3) is 0 Å². The van der Waals surface area contributed by atoms with Crippen molar-refractivity contribution in [3.8, 4) is 0 Å². The van der Waals surface area contributed by atoms with Crippen LogP contribution in [0.4, 0.5) is 0 Å². The van der Waals surface area contributed by atoms with Gasteiger partial charge in [-0.2, -0.15) is 0 Å². The van der Waals surface area contributed by atoms with Crippen LogP contribution >= 0.6 is 0 Å². The number of quaternary nitrogens is 1. The quantitative estimate of drug-likeness (QED) is 0.0259. The minimum absolute atomic E-state index is 0.0210. The molecule has 0 saturated carbocycles. The van der Waals surface area contributed by atoms with Crippen LogP contribution in [0.2, 0.25) is 0 Å². The van der Waals surface area contributed by atoms with E-state index in [1.165, 1.54) is 116 Å². The average molecular weight is 950 g/mol. The van der Waals surface area contributed by atoms with E-state index in [1.807, 2.05) is 0 Å². The van der Waals surface area contributed by atoms with Crippen molar-refractivity contribution in [3.05, 3.63) is 85.1 Å². The molecule has 0 N–H and O–H groups in total. The summed E-state index contributed by atoms with van der Waals surface area (Å²) < 4.78 is 17.2. The Balaban J connectivity index is 4.29. The summed E-state index contributed by atoms with van der Waals surface area (Å²) in [5.41, 5.74) is 0. The SMILES string of the molecule is CC/C=C/C/C=C/C/C=C/C/C=C/C/C=C/C/C=C/CCCCC(=O)OCC(COCCC(C(=O)[O-])[N+](C)(C)C)OC(=O)CCCCCCCCC/C=C/CCCCCCCCCCCCCC. The second-order valence-corrected chi connectivity index (χ2v) is 19.4. The second kappa shape index (κ2) is 49.9. The van der Waals surface area contributed by atoms with Crippen molar-refractivity contribution in [2.75, 3.05) is 41.0 Å².